The van der Waals surface area contributed by atoms with Crippen LogP contribution in [-0.4, -0.2) is 14.1 Å². The fourth-order valence-corrected chi connectivity index (χ4v) is 9.51. The molecule has 3 aromatic heterocycles. The van der Waals surface area contributed by atoms with E-state index in [-0.39, 0.29) is 37.3 Å². The summed E-state index contributed by atoms with van der Waals surface area (Å²) in [5.74, 6) is 1.99. The summed E-state index contributed by atoms with van der Waals surface area (Å²) in [6, 6.07) is 67.7. The second kappa shape index (κ2) is 18.5. The number of pyridine rings is 1. The smallest absolute Gasteiger partial charge is 0.267 e. The van der Waals surface area contributed by atoms with Gasteiger partial charge in [-0.2, -0.15) is 12.1 Å². The van der Waals surface area contributed by atoms with Crippen molar-refractivity contribution in [1.82, 2.24) is 14.1 Å². The van der Waals surface area contributed by atoms with Gasteiger partial charge in [0.05, 0.1) is 11.4 Å². The zero-order valence-corrected chi connectivity index (χ0v) is 44.1. The molecule has 0 aliphatic carbocycles. The van der Waals surface area contributed by atoms with Crippen molar-refractivity contribution in [3.63, 3.8) is 0 Å². The molecule has 0 atom stereocenters. The van der Waals surface area contributed by atoms with Crippen molar-refractivity contribution in [2.75, 3.05) is 0 Å². The molecule has 70 heavy (non-hydrogen) atoms. The maximum atomic E-state index is 6.97. The Balaban J connectivity index is 0.00000608. The zero-order chi connectivity index (χ0) is 48.3. The first-order valence-corrected chi connectivity index (χ1v) is 24.0. The van der Waals surface area contributed by atoms with Gasteiger partial charge < -0.3 is 13.9 Å². The SMILES string of the molecule is CC(C)(C)c1ccnc(-n2c3[c-]c(Oc4[c-]c(-n5[c-][n+](-c6cccc(C(C)(C)c7ccccc7)c6)cc5C(C)(C)c5ccccc5)cc(-c5ccccc5)c4)ccc3c3cc(C(C)(C)C)ccc32)c1.[Pt]. The molecule has 0 saturated heterocycles. The Morgan fingerprint density at radius 3 is 1.80 bits per heavy atom. The van der Waals surface area contributed by atoms with Gasteiger partial charge in [-0.05, 0) is 85.6 Å². The molecule has 0 amide bonds. The summed E-state index contributed by atoms with van der Waals surface area (Å²) in [6.45, 7) is 22.6. The van der Waals surface area contributed by atoms with E-state index in [1.807, 2.05) is 18.3 Å². The molecule has 0 aliphatic rings. The predicted molar refractivity (Wildman–Crippen MR) is 282 cm³/mol. The van der Waals surface area contributed by atoms with Crippen LogP contribution in [0.4, 0.5) is 0 Å². The molecule has 0 unspecified atom stereocenters. The van der Waals surface area contributed by atoms with Crippen LogP contribution in [0.15, 0.2) is 182 Å². The van der Waals surface area contributed by atoms with Crippen molar-refractivity contribution in [3.05, 3.63) is 234 Å². The second-order valence-corrected chi connectivity index (χ2v) is 21.5. The number of rotatable bonds is 10. The average Bonchev–Trinajstić information content (AvgIpc) is 3.95. The third kappa shape index (κ3) is 9.20. The Hall–Kier alpha value is -6.81. The molecule has 0 bridgehead atoms. The van der Waals surface area contributed by atoms with Gasteiger partial charge in [0, 0.05) is 61.3 Å². The Labute approximate surface area is 428 Å². The quantitative estimate of drug-likeness (QED) is 0.101. The topological polar surface area (TPSA) is 35.9 Å². The summed E-state index contributed by atoms with van der Waals surface area (Å²) in [5.41, 5.74) is 12.3. The van der Waals surface area contributed by atoms with E-state index in [0.29, 0.717) is 11.5 Å². The average molecular weight is 1100 g/mol. The molecular weight excluding hydrogens is 1040 g/mol. The van der Waals surface area contributed by atoms with Crippen LogP contribution in [-0.2, 0) is 42.7 Å². The fourth-order valence-electron chi connectivity index (χ4n) is 9.51. The van der Waals surface area contributed by atoms with Crippen LogP contribution in [0.25, 0.3) is 50.1 Å². The molecule has 10 aromatic rings. The summed E-state index contributed by atoms with van der Waals surface area (Å²) >= 11 is 0. The van der Waals surface area contributed by atoms with Crippen LogP contribution in [0, 0.1) is 18.5 Å². The van der Waals surface area contributed by atoms with E-state index in [0.717, 1.165) is 55.8 Å². The number of fused-ring (bicyclic) bond motifs is 3. The number of nitrogens with zero attached hydrogens (tertiary/aromatic N) is 4. The molecule has 0 fully saturated rings. The van der Waals surface area contributed by atoms with E-state index in [4.69, 9.17) is 9.72 Å². The minimum atomic E-state index is -0.432. The van der Waals surface area contributed by atoms with Crippen molar-refractivity contribution < 1.29 is 30.4 Å². The fraction of sp³-hybridized carbons (Fsp3) is 0.219. The van der Waals surface area contributed by atoms with Gasteiger partial charge in [-0.25, -0.2) is 4.98 Å². The summed E-state index contributed by atoms with van der Waals surface area (Å²) in [5, 5.41) is 2.24. The van der Waals surface area contributed by atoms with Gasteiger partial charge in [0.1, 0.15) is 5.82 Å². The number of ether oxygens (including phenoxy) is 1. The van der Waals surface area contributed by atoms with Crippen LogP contribution in [0.5, 0.6) is 11.5 Å². The van der Waals surface area contributed by atoms with E-state index in [1.165, 1.54) is 27.8 Å². The van der Waals surface area contributed by atoms with E-state index in [1.54, 1.807) is 0 Å². The molecule has 7 aromatic carbocycles. The molecule has 6 heteroatoms. The zero-order valence-electron chi connectivity index (χ0n) is 41.8. The monoisotopic (exact) mass is 1100 g/mol. The minimum absolute atomic E-state index is 0. The number of imidazole rings is 1. The molecule has 0 N–H and O–H groups in total. The molecule has 3 heterocycles. The van der Waals surface area contributed by atoms with Crippen LogP contribution in [0.2, 0.25) is 0 Å². The molecule has 10 rings (SSSR count). The van der Waals surface area contributed by atoms with Gasteiger partial charge >= 0.3 is 0 Å². The van der Waals surface area contributed by atoms with Crippen LogP contribution < -0.4 is 9.30 Å². The van der Waals surface area contributed by atoms with Crippen molar-refractivity contribution in [3.8, 4) is 39.8 Å². The van der Waals surface area contributed by atoms with E-state index in [9.17, 15) is 0 Å². The largest absolute Gasteiger partial charge is 0.510 e. The first kappa shape index (κ1) is 48.2. The van der Waals surface area contributed by atoms with Crippen molar-refractivity contribution >= 4 is 21.8 Å². The predicted octanol–water partition coefficient (Wildman–Crippen LogP) is 15.4. The van der Waals surface area contributed by atoms with Crippen LogP contribution >= 0.6 is 0 Å². The van der Waals surface area contributed by atoms with Crippen LogP contribution in [0.3, 0.4) is 0 Å². The molecule has 0 aliphatic heterocycles. The normalized spacial score (nSPS) is 12.3. The maximum absolute atomic E-state index is 6.97. The van der Waals surface area contributed by atoms with E-state index in [2.05, 4.69) is 265 Å². The molecule has 5 nitrogen and oxygen atoms in total. The van der Waals surface area contributed by atoms with Gasteiger partial charge in [0.25, 0.3) is 6.33 Å². The second-order valence-electron chi connectivity index (χ2n) is 21.5. The summed E-state index contributed by atoms with van der Waals surface area (Å²) in [4.78, 5) is 4.96. The van der Waals surface area contributed by atoms with Crippen molar-refractivity contribution in [1.29, 1.82) is 0 Å². The molecule has 354 valence electrons. The Bertz CT molecular complexity index is 3480. The Kier molecular flexibility index (Phi) is 12.7. The molecular formula is C64H60N4OPt-2. The van der Waals surface area contributed by atoms with Gasteiger partial charge in [-0.3, -0.25) is 4.57 Å². The third-order valence-electron chi connectivity index (χ3n) is 13.9. The van der Waals surface area contributed by atoms with Gasteiger partial charge in [-0.15, -0.1) is 35.2 Å². The first-order valence-electron chi connectivity index (χ1n) is 24.0. The molecule has 0 radical (unpaired) electrons. The summed E-state index contributed by atoms with van der Waals surface area (Å²) in [6.07, 6.45) is 7.94. The van der Waals surface area contributed by atoms with E-state index < -0.39 is 5.41 Å². The first-order chi connectivity index (χ1) is 32.9. The van der Waals surface area contributed by atoms with Crippen molar-refractivity contribution in [2.45, 2.75) is 90.9 Å². The minimum Gasteiger partial charge on any atom is -0.510 e. The number of hydrogen-bond donors (Lipinski definition) is 0. The maximum Gasteiger partial charge on any atom is 0.267 e. The summed E-state index contributed by atoms with van der Waals surface area (Å²) in [7, 11) is 0. The van der Waals surface area contributed by atoms with Gasteiger partial charge in [-0.1, -0.05) is 190 Å². The summed E-state index contributed by atoms with van der Waals surface area (Å²) < 4.78 is 13.5. The number of benzene rings is 7. The van der Waals surface area contributed by atoms with Gasteiger partial charge in [0.15, 0.2) is 0 Å². The van der Waals surface area contributed by atoms with Crippen molar-refractivity contribution in [2.24, 2.45) is 0 Å². The molecule has 0 spiro atoms. The number of hydrogen-bond acceptors (Lipinski definition) is 2. The number of aromatic nitrogens is 4. The van der Waals surface area contributed by atoms with Gasteiger partial charge in [0.2, 0.25) is 0 Å². The Morgan fingerprint density at radius 2 is 1.13 bits per heavy atom. The standard InChI is InChI=1S/C64H60N4O.Pt/c1-61(2,3)48-29-32-57-56(38-48)55-31-30-53(41-58(55)68(57)60-39-49(33-34-65-60)62(4,5)6)69-54-36-45(44-21-14-11-15-22-44)35-52(40-54)67-43-66(42-59(67)64(9,10)47-25-18-13-19-26-47)51-28-20-27-50(37-51)63(7,8)46-23-16-12-17-24-46;/h11-39,42H,1-10H3;/q-2;. The van der Waals surface area contributed by atoms with E-state index >= 15 is 0 Å². The molecule has 0 saturated carbocycles. The Morgan fingerprint density at radius 1 is 0.500 bits per heavy atom. The third-order valence-corrected chi connectivity index (χ3v) is 13.9. The van der Waals surface area contributed by atoms with Crippen LogP contribution in [0.1, 0.15) is 103 Å².